The van der Waals surface area contributed by atoms with E-state index in [1.807, 2.05) is 73.7 Å². The summed E-state index contributed by atoms with van der Waals surface area (Å²) in [5.41, 5.74) is 0.872. The van der Waals surface area contributed by atoms with Crippen LogP contribution in [0.15, 0.2) is 66.7 Å². The molecule has 1 aromatic heterocycles. The van der Waals surface area contributed by atoms with Crippen molar-refractivity contribution in [2.75, 3.05) is 0 Å². The number of benzene rings is 2. The van der Waals surface area contributed by atoms with E-state index >= 15 is 0 Å². The number of para-hydroxylation sites is 1. The molecule has 106 valence electrons. The van der Waals surface area contributed by atoms with Crippen molar-refractivity contribution < 1.29 is 9.84 Å². The van der Waals surface area contributed by atoms with Crippen LogP contribution in [-0.2, 0) is 0 Å². The molecule has 2 aromatic carbocycles. The monoisotopic (exact) mass is 296 g/mol. The largest absolute Gasteiger partial charge is 0.457 e. The molecule has 0 aliphatic rings. The van der Waals surface area contributed by atoms with Gasteiger partial charge in [-0.25, -0.2) is 0 Å². The highest BCUT2D eigenvalue weighted by Crippen LogP contribution is 2.30. The molecular formula is C18H16O2S. The second kappa shape index (κ2) is 6.12. The molecule has 0 unspecified atom stereocenters. The van der Waals surface area contributed by atoms with Gasteiger partial charge in [-0.2, -0.15) is 0 Å². The van der Waals surface area contributed by atoms with Crippen molar-refractivity contribution in [1.29, 1.82) is 0 Å². The molecule has 21 heavy (non-hydrogen) atoms. The Hall–Kier alpha value is -2.10. The van der Waals surface area contributed by atoms with Gasteiger partial charge in [0.05, 0.1) is 0 Å². The molecule has 0 saturated carbocycles. The van der Waals surface area contributed by atoms with Crippen molar-refractivity contribution in [3.05, 3.63) is 82.0 Å². The Balaban J connectivity index is 1.75. The van der Waals surface area contributed by atoms with Crippen molar-refractivity contribution in [3.8, 4) is 11.5 Å². The Morgan fingerprint density at radius 2 is 1.52 bits per heavy atom. The molecule has 1 N–H and O–H groups in total. The van der Waals surface area contributed by atoms with E-state index in [2.05, 4.69) is 0 Å². The average Bonchev–Trinajstić information content (AvgIpc) is 2.95. The zero-order valence-corrected chi connectivity index (χ0v) is 12.5. The second-order valence-corrected chi connectivity index (χ2v) is 6.15. The summed E-state index contributed by atoms with van der Waals surface area (Å²) in [6.45, 7) is 2.04. The fourth-order valence-electron chi connectivity index (χ4n) is 2.11. The number of hydrogen-bond donors (Lipinski definition) is 1. The predicted molar refractivity (Wildman–Crippen MR) is 86.1 cm³/mol. The van der Waals surface area contributed by atoms with E-state index in [9.17, 15) is 5.11 Å². The first-order valence-electron chi connectivity index (χ1n) is 6.79. The summed E-state index contributed by atoms with van der Waals surface area (Å²) in [4.78, 5) is 2.16. The lowest BCUT2D eigenvalue weighted by Crippen LogP contribution is -1.96. The molecule has 3 aromatic rings. The van der Waals surface area contributed by atoms with Crippen LogP contribution >= 0.6 is 11.3 Å². The Bertz CT molecular complexity index is 702. The Kier molecular flexibility index (Phi) is 4.04. The molecule has 0 aliphatic carbocycles. The van der Waals surface area contributed by atoms with E-state index in [1.54, 1.807) is 11.3 Å². The van der Waals surface area contributed by atoms with E-state index in [0.717, 1.165) is 21.9 Å². The summed E-state index contributed by atoms with van der Waals surface area (Å²) in [6.07, 6.45) is -0.575. The maximum Gasteiger partial charge on any atom is 0.127 e. The summed E-state index contributed by atoms with van der Waals surface area (Å²) in [7, 11) is 0. The fraction of sp³-hybridized carbons (Fsp3) is 0.111. The third-order valence-corrected chi connectivity index (χ3v) is 4.26. The van der Waals surface area contributed by atoms with Crippen LogP contribution in [0.25, 0.3) is 0 Å². The van der Waals surface area contributed by atoms with Crippen LogP contribution in [0, 0.1) is 6.92 Å². The minimum Gasteiger partial charge on any atom is -0.457 e. The summed E-state index contributed by atoms with van der Waals surface area (Å²) in [6, 6.07) is 21.2. The lowest BCUT2D eigenvalue weighted by Gasteiger charge is -2.10. The maximum absolute atomic E-state index is 10.4. The molecule has 0 spiro atoms. The zero-order chi connectivity index (χ0) is 14.7. The van der Waals surface area contributed by atoms with Crippen LogP contribution in [0.1, 0.15) is 21.4 Å². The van der Waals surface area contributed by atoms with Crippen LogP contribution in [0.4, 0.5) is 0 Å². The average molecular weight is 296 g/mol. The maximum atomic E-state index is 10.4. The number of hydrogen-bond acceptors (Lipinski definition) is 3. The highest BCUT2D eigenvalue weighted by Gasteiger charge is 2.12. The van der Waals surface area contributed by atoms with Gasteiger partial charge in [0, 0.05) is 9.75 Å². The standard InChI is InChI=1S/C18H16O2S/c1-13-7-12-17(21-13)18(19)14-8-10-16(11-9-14)20-15-5-3-2-4-6-15/h2-12,18-19H,1H3/t18-/m0/s1. The van der Waals surface area contributed by atoms with Gasteiger partial charge in [-0.05, 0) is 48.9 Å². The van der Waals surface area contributed by atoms with Crippen LogP contribution in [0.2, 0.25) is 0 Å². The van der Waals surface area contributed by atoms with Gasteiger partial charge >= 0.3 is 0 Å². The van der Waals surface area contributed by atoms with Gasteiger partial charge < -0.3 is 9.84 Å². The highest BCUT2D eigenvalue weighted by molar-refractivity contribution is 7.12. The highest BCUT2D eigenvalue weighted by atomic mass is 32.1. The van der Waals surface area contributed by atoms with E-state index in [1.165, 1.54) is 4.88 Å². The van der Waals surface area contributed by atoms with E-state index in [0.29, 0.717) is 0 Å². The van der Waals surface area contributed by atoms with Crippen LogP contribution < -0.4 is 4.74 Å². The third-order valence-electron chi connectivity index (χ3n) is 3.21. The smallest absolute Gasteiger partial charge is 0.127 e. The molecule has 1 atom stereocenters. The fourth-order valence-corrected chi connectivity index (χ4v) is 3.00. The normalized spacial score (nSPS) is 12.1. The molecule has 0 saturated heterocycles. The first-order valence-corrected chi connectivity index (χ1v) is 7.61. The lowest BCUT2D eigenvalue weighted by atomic mass is 10.1. The molecule has 0 fully saturated rings. The molecule has 1 heterocycles. The topological polar surface area (TPSA) is 29.5 Å². The van der Waals surface area contributed by atoms with Gasteiger partial charge in [0.2, 0.25) is 0 Å². The first kappa shape index (κ1) is 13.9. The van der Waals surface area contributed by atoms with Gasteiger partial charge in [-0.15, -0.1) is 11.3 Å². The summed E-state index contributed by atoms with van der Waals surface area (Å²) >= 11 is 1.62. The minimum absolute atomic E-state index is 0.575. The van der Waals surface area contributed by atoms with Crippen molar-refractivity contribution in [1.82, 2.24) is 0 Å². The number of aryl methyl sites for hydroxylation is 1. The number of aliphatic hydroxyl groups is 1. The SMILES string of the molecule is Cc1ccc([C@@H](O)c2ccc(Oc3ccccc3)cc2)s1. The number of thiophene rings is 1. The van der Waals surface area contributed by atoms with Gasteiger partial charge in [0.1, 0.15) is 17.6 Å². The Morgan fingerprint density at radius 1 is 0.857 bits per heavy atom. The molecule has 0 amide bonds. The molecule has 0 bridgehead atoms. The second-order valence-electron chi connectivity index (χ2n) is 4.84. The minimum atomic E-state index is -0.575. The third kappa shape index (κ3) is 3.32. The number of ether oxygens (including phenoxy) is 1. The first-order chi connectivity index (χ1) is 10.2. The van der Waals surface area contributed by atoms with Crippen LogP contribution in [-0.4, -0.2) is 5.11 Å². The molecule has 3 heteroatoms. The van der Waals surface area contributed by atoms with Gasteiger partial charge in [0.15, 0.2) is 0 Å². The predicted octanol–water partition coefficient (Wildman–Crippen LogP) is 4.93. The zero-order valence-electron chi connectivity index (χ0n) is 11.7. The van der Waals surface area contributed by atoms with Crippen molar-refractivity contribution in [3.63, 3.8) is 0 Å². The van der Waals surface area contributed by atoms with Gasteiger partial charge in [0.25, 0.3) is 0 Å². The summed E-state index contributed by atoms with van der Waals surface area (Å²) in [5.74, 6) is 1.57. The quantitative estimate of drug-likeness (QED) is 0.739. The Morgan fingerprint density at radius 3 is 2.14 bits per heavy atom. The molecule has 3 rings (SSSR count). The van der Waals surface area contributed by atoms with Gasteiger partial charge in [-0.1, -0.05) is 30.3 Å². The number of rotatable bonds is 4. The molecule has 0 aliphatic heterocycles. The molecular weight excluding hydrogens is 280 g/mol. The van der Waals surface area contributed by atoms with Crippen LogP contribution in [0.5, 0.6) is 11.5 Å². The lowest BCUT2D eigenvalue weighted by molar-refractivity contribution is 0.224. The molecule has 0 radical (unpaired) electrons. The van der Waals surface area contributed by atoms with Crippen molar-refractivity contribution >= 4 is 11.3 Å². The van der Waals surface area contributed by atoms with E-state index in [-0.39, 0.29) is 0 Å². The van der Waals surface area contributed by atoms with E-state index < -0.39 is 6.10 Å². The van der Waals surface area contributed by atoms with Crippen molar-refractivity contribution in [2.45, 2.75) is 13.0 Å². The summed E-state index contributed by atoms with van der Waals surface area (Å²) < 4.78 is 5.74. The number of aliphatic hydroxyl groups excluding tert-OH is 1. The van der Waals surface area contributed by atoms with Crippen molar-refractivity contribution in [2.24, 2.45) is 0 Å². The summed E-state index contributed by atoms with van der Waals surface area (Å²) in [5, 5.41) is 10.4. The van der Waals surface area contributed by atoms with Gasteiger partial charge in [-0.3, -0.25) is 0 Å². The Labute approximate surface area is 128 Å². The van der Waals surface area contributed by atoms with Crippen LogP contribution in [0.3, 0.4) is 0 Å². The van der Waals surface area contributed by atoms with E-state index in [4.69, 9.17) is 4.74 Å². The molecule has 2 nitrogen and oxygen atoms in total.